The zero-order valence-corrected chi connectivity index (χ0v) is 31.8. The van der Waals surface area contributed by atoms with Crippen LogP contribution in [0.15, 0.2) is 33.5 Å². The van der Waals surface area contributed by atoms with E-state index in [0.717, 1.165) is 58.1 Å². The highest BCUT2D eigenvalue weighted by Gasteiger charge is 2.34. The molecule has 2 amide bonds. The maximum Gasteiger partial charge on any atom is 0.341 e. The fourth-order valence-corrected chi connectivity index (χ4v) is 8.20. The highest BCUT2D eigenvalue weighted by atomic mass is 32.2. The van der Waals surface area contributed by atoms with Gasteiger partial charge in [0.1, 0.15) is 5.58 Å². The Morgan fingerprint density at radius 3 is 2.45 bits per heavy atom. The summed E-state index contributed by atoms with van der Waals surface area (Å²) < 4.78 is 39.6. The number of anilines is 2. The third-order valence-corrected chi connectivity index (χ3v) is 12.2. The Balaban J connectivity index is 1.30. The molecule has 1 atom stereocenters. The molecule has 276 valence electrons. The molecule has 2 saturated heterocycles. The summed E-state index contributed by atoms with van der Waals surface area (Å²) in [5, 5.41) is 0.933. The van der Waals surface area contributed by atoms with Gasteiger partial charge in [-0.25, -0.2) is 9.52 Å². The van der Waals surface area contributed by atoms with E-state index in [9.17, 15) is 22.8 Å². The lowest BCUT2D eigenvalue weighted by Crippen LogP contribution is -2.53. The molecular weight excluding hydrogens is 673 g/mol. The van der Waals surface area contributed by atoms with Gasteiger partial charge in [-0.1, -0.05) is 13.8 Å². The summed E-state index contributed by atoms with van der Waals surface area (Å²) in [7, 11) is 2.49. The van der Waals surface area contributed by atoms with Gasteiger partial charge in [0.2, 0.25) is 0 Å². The smallest absolute Gasteiger partial charge is 0.341 e. The van der Waals surface area contributed by atoms with Gasteiger partial charge >= 0.3 is 15.8 Å². The molecule has 3 aliphatic rings. The van der Waals surface area contributed by atoms with Crippen molar-refractivity contribution in [1.29, 1.82) is 0 Å². The van der Waals surface area contributed by atoms with Gasteiger partial charge in [0.05, 0.1) is 36.0 Å². The number of ether oxygens (including phenoxy) is 1. The summed E-state index contributed by atoms with van der Waals surface area (Å²) in [5.74, 6) is -1.05. The topological polar surface area (TPSA) is 136 Å². The number of hydrogen-bond acceptors (Lipinski definition) is 10. The van der Waals surface area contributed by atoms with Crippen LogP contribution in [0.2, 0.25) is 0 Å². The highest BCUT2D eigenvalue weighted by molar-refractivity contribution is 7.87. The van der Waals surface area contributed by atoms with Crippen molar-refractivity contribution in [3.05, 3.63) is 68.1 Å². The van der Waals surface area contributed by atoms with Crippen LogP contribution in [0, 0.1) is 19.3 Å². The third-order valence-electron chi connectivity index (χ3n) is 10.8. The Hall–Kier alpha value is -3.98. The summed E-state index contributed by atoms with van der Waals surface area (Å²) in [6.45, 7) is 13.3. The molecule has 0 spiro atoms. The van der Waals surface area contributed by atoms with Gasteiger partial charge in [0.15, 0.2) is 0 Å². The van der Waals surface area contributed by atoms with Gasteiger partial charge in [-0.3, -0.25) is 14.5 Å². The van der Waals surface area contributed by atoms with Crippen LogP contribution < -0.4 is 20.1 Å². The van der Waals surface area contributed by atoms with Crippen LogP contribution in [0.4, 0.5) is 11.4 Å². The van der Waals surface area contributed by atoms with Gasteiger partial charge in [-0.2, -0.15) is 12.7 Å². The number of hydrogen-bond donors (Lipinski definition) is 1. The molecule has 6 rings (SSSR count). The molecule has 0 bridgehead atoms. The van der Waals surface area contributed by atoms with E-state index < -0.39 is 21.7 Å². The van der Waals surface area contributed by atoms with Crippen molar-refractivity contribution in [2.45, 2.75) is 53.1 Å². The second kappa shape index (κ2) is 13.9. The number of piperazine rings is 1. The molecule has 1 N–H and O–H groups in total. The number of carbonyl (C=O) groups excluding carboxylic acids is 2. The van der Waals surface area contributed by atoms with Crippen LogP contribution in [0.1, 0.15) is 63.2 Å². The first-order valence-corrected chi connectivity index (χ1v) is 18.9. The van der Waals surface area contributed by atoms with Crippen LogP contribution in [-0.4, -0.2) is 115 Å². The fraction of sp³-hybridized carbons (Fsp3) is 0.541. The third kappa shape index (κ3) is 7.11. The van der Waals surface area contributed by atoms with Crippen LogP contribution >= 0.6 is 0 Å². The first-order valence-electron chi connectivity index (χ1n) is 17.5. The predicted molar refractivity (Wildman–Crippen MR) is 198 cm³/mol. The normalized spacial score (nSPS) is 19.5. The quantitative estimate of drug-likeness (QED) is 0.346. The number of fused-ring (bicyclic) bond motifs is 3. The van der Waals surface area contributed by atoms with Crippen molar-refractivity contribution < 1.29 is 27.2 Å². The van der Waals surface area contributed by atoms with E-state index >= 15 is 0 Å². The molecule has 0 saturated carbocycles. The largest absolute Gasteiger partial charge is 0.422 e. The van der Waals surface area contributed by atoms with Crippen LogP contribution in [0.25, 0.3) is 11.0 Å². The van der Waals surface area contributed by atoms with E-state index in [1.165, 1.54) is 20.2 Å². The standard InChI is InChI=1S/C37H50N6O7S/c1-23-17-30(41-16-15-40(7)26(19-41)21-49-8)24(2)33-32(23)27-11-13-42(20-29(27)36(46)50-33)35(45)25-9-10-28(34(44)38-51(47,48)39(5)6)31(18-25)43-14-12-37(3,4)22-43/h9-10,17-18,26H,11-16,19-22H2,1-8H3,(H,38,44)/t26-/m1/s1. The van der Waals surface area contributed by atoms with E-state index in [2.05, 4.69) is 48.4 Å². The molecular formula is C37H50N6O7S. The number of nitrogens with one attached hydrogen (secondary N) is 1. The Kier molecular flexibility index (Phi) is 10.0. The van der Waals surface area contributed by atoms with Gasteiger partial charge < -0.3 is 23.9 Å². The number of amides is 2. The molecule has 14 heteroatoms. The van der Waals surface area contributed by atoms with Crippen LogP contribution in [0.3, 0.4) is 0 Å². The number of rotatable bonds is 8. The van der Waals surface area contributed by atoms with E-state index in [0.29, 0.717) is 55.1 Å². The van der Waals surface area contributed by atoms with Crippen molar-refractivity contribution in [3.63, 3.8) is 0 Å². The number of nitrogens with zero attached hydrogens (tertiary/aromatic N) is 5. The second-order valence-corrected chi connectivity index (χ2v) is 17.1. The molecule has 13 nitrogen and oxygen atoms in total. The number of methoxy groups -OCH3 is 1. The number of likely N-dealkylation sites (N-methyl/N-ethyl adjacent to an activating group) is 1. The highest BCUT2D eigenvalue weighted by Crippen LogP contribution is 2.37. The predicted octanol–water partition coefficient (Wildman–Crippen LogP) is 3.15. The first-order chi connectivity index (χ1) is 24.0. The molecule has 4 heterocycles. The van der Waals surface area contributed by atoms with Gasteiger partial charge in [0.25, 0.3) is 11.8 Å². The van der Waals surface area contributed by atoms with Crippen molar-refractivity contribution in [3.8, 4) is 0 Å². The molecule has 0 radical (unpaired) electrons. The molecule has 0 aliphatic carbocycles. The first kappa shape index (κ1) is 36.8. The zero-order chi connectivity index (χ0) is 37.0. The molecule has 3 aliphatic heterocycles. The van der Waals surface area contributed by atoms with E-state index in [1.807, 2.05) is 11.8 Å². The summed E-state index contributed by atoms with van der Waals surface area (Å²) in [6, 6.07) is 7.17. The monoisotopic (exact) mass is 722 g/mol. The van der Waals surface area contributed by atoms with Crippen molar-refractivity contribution in [2.75, 3.05) is 83.9 Å². The maximum absolute atomic E-state index is 14.1. The van der Waals surface area contributed by atoms with Gasteiger partial charge in [-0.15, -0.1) is 0 Å². The number of benzene rings is 2. The summed E-state index contributed by atoms with van der Waals surface area (Å²) in [6.07, 6.45) is 1.36. The minimum absolute atomic E-state index is 0.0228. The lowest BCUT2D eigenvalue weighted by Gasteiger charge is -2.41. The molecule has 0 unspecified atom stereocenters. The van der Waals surface area contributed by atoms with Gasteiger partial charge in [-0.05, 0) is 74.5 Å². The van der Waals surface area contributed by atoms with E-state index in [4.69, 9.17) is 9.15 Å². The van der Waals surface area contributed by atoms with Crippen molar-refractivity contribution in [2.24, 2.45) is 5.41 Å². The maximum atomic E-state index is 14.1. The summed E-state index contributed by atoms with van der Waals surface area (Å²) >= 11 is 0. The Morgan fingerprint density at radius 2 is 1.78 bits per heavy atom. The number of carbonyl (C=O) groups is 2. The second-order valence-electron chi connectivity index (χ2n) is 15.2. The molecule has 1 aromatic heterocycles. The average Bonchev–Trinajstić information content (AvgIpc) is 3.45. The molecule has 51 heavy (non-hydrogen) atoms. The van der Waals surface area contributed by atoms with Crippen molar-refractivity contribution >= 4 is 44.4 Å². The minimum atomic E-state index is -4.03. The Morgan fingerprint density at radius 1 is 1.04 bits per heavy atom. The molecule has 2 fully saturated rings. The SMILES string of the molecule is COC[C@H]1CN(c2cc(C)c3c4c(c(=O)oc3c2C)CN(C(=O)c2ccc(C(=O)NS(=O)(=O)N(C)C)c(N3CCC(C)(C)C3)c2)CC4)CCN1C. The Labute approximate surface area is 300 Å². The van der Waals surface area contributed by atoms with Gasteiger partial charge in [0, 0.05) is 82.7 Å². The lowest BCUT2D eigenvalue weighted by atomic mass is 9.92. The average molecular weight is 723 g/mol. The van der Waals surface area contributed by atoms with Crippen LogP contribution in [-0.2, 0) is 27.9 Å². The molecule has 3 aromatic rings. The lowest BCUT2D eigenvalue weighted by molar-refractivity contribution is 0.0732. The van der Waals surface area contributed by atoms with E-state index in [-0.39, 0.29) is 29.5 Å². The molecule has 2 aromatic carbocycles. The van der Waals surface area contributed by atoms with E-state index in [1.54, 1.807) is 24.1 Å². The van der Waals surface area contributed by atoms with Crippen molar-refractivity contribution in [1.82, 2.24) is 18.8 Å². The zero-order valence-electron chi connectivity index (χ0n) is 31.0. The van der Waals surface area contributed by atoms with Crippen LogP contribution in [0.5, 0.6) is 0 Å². The Bertz CT molecular complexity index is 2040. The minimum Gasteiger partial charge on any atom is -0.422 e. The fourth-order valence-electron chi connectivity index (χ4n) is 7.67. The summed E-state index contributed by atoms with van der Waals surface area (Å²) in [5.41, 5.74) is 5.54. The number of aryl methyl sites for hydroxylation is 2. The summed E-state index contributed by atoms with van der Waals surface area (Å²) in [4.78, 5) is 49.3.